The Bertz CT molecular complexity index is 1330. The first-order valence-electron chi connectivity index (χ1n) is 8.56. The van der Waals surface area contributed by atoms with E-state index in [4.69, 9.17) is 0 Å². The highest BCUT2D eigenvalue weighted by molar-refractivity contribution is 5.78. The van der Waals surface area contributed by atoms with Crippen molar-refractivity contribution in [3.8, 4) is 5.69 Å². The number of carbonyl (C=O) groups is 1. The summed E-state index contributed by atoms with van der Waals surface area (Å²) in [6, 6.07) is 7.97. The number of hydrogen-bond donors (Lipinski definition) is 0. The van der Waals surface area contributed by atoms with Crippen molar-refractivity contribution < 1.29 is 4.79 Å². The summed E-state index contributed by atoms with van der Waals surface area (Å²) in [7, 11) is 1.55. The lowest BCUT2D eigenvalue weighted by molar-refractivity contribution is -0.117. The van der Waals surface area contributed by atoms with E-state index < -0.39 is 11.2 Å². The Morgan fingerprint density at radius 3 is 2.41 bits per heavy atom. The molecule has 8 heteroatoms. The molecule has 0 saturated carbocycles. The molecule has 0 spiro atoms. The van der Waals surface area contributed by atoms with Gasteiger partial charge >= 0.3 is 5.69 Å². The van der Waals surface area contributed by atoms with E-state index in [2.05, 4.69) is 4.98 Å². The molecule has 0 radical (unpaired) electrons. The summed E-state index contributed by atoms with van der Waals surface area (Å²) in [6.07, 6.45) is 1.81. The SMILES string of the molecule is CC(=O)Cn1c(=O)c2c(nc3n(-c4ccc(C)cc4)c(C)cn23)n(C)c1=O. The lowest BCUT2D eigenvalue weighted by Gasteiger charge is -2.06. The van der Waals surface area contributed by atoms with Gasteiger partial charge in [0.05, 0.1) is 6.54 Å². The van der Waals surface area contributed by atoms with Crippen molar-refractivity contribution in [1.82, 2.24) is 23.1 Å². The molecule has 8 nitrogen and oxygen atoms in total. The van der Waals surface area contributed by atoms with Crippen LogP contribution in [-0.4, -0.2) is 28.9 Å². The maximum atomic E-state index is 12.9. The minimum Gasteiger partial charge on any atom is -0.298 e. The predicted molar refractivity (Wildman–Crippen MR) is 102 cm³/mol. The van der Waals surface area contributed by atoms with Gasteiger partial charge in [-0.15, -0.1) is 0 Å². The molecule has 3 heterocycles. The molecule has 0 aliphatic carbocycles. The van der Waals surface area contributed by atoms with Crippen LogP contribution in [0.5, 0.6) is 0 Å². The molecule has 0 saturated heterocycles. The molecular formula is C19H19N5O3. The highest BCUT2D eigenvalue weighted by atomic mass is 16.2. The highest BCUT2D eigenvalue weighted by Crippen LogP contribution is 2.21. The standard InChI is InChI=1S/C19H19N5O3/c1-11-5-7-14(8-6-11)24-12(2)9-22-15-16(20-18(22)24)21(4)19(27)23(17(15)26)10-13(3)25/h5-9H,10H2,1-4H3. The Morgan fingerprint density at radius 2 is 1.78 bits per heavy atom. The van der Waals surface area contributed by atoms with Crippen LogP contribution < -0.4 is 11.2 Å². The third-order valence-electron chi connectivity index (χ3n) is 4.70. The van der Waals surface area contributed by atoms with Crippen LogP contribution in [0.1, 0.15) is 18.2 Å². The van der Waals surface area contributed by atoms with Crippen LogP contribution >= 0.6 is 0 Å². The average molecular weight is 365 g/mol. The maximum absolute atomic E-state index is 12.9. The molecule has 27 heavy (non-hydrogen) atoms. The summed E-state index contributed by atoms with van der Waals surface area (Å²) >= 11 is 0. The number of benzene rings is 1. The molecule has 0 N–H and O–H groups in total. The van der Waals surface area contributed by atoms with Crippen molar-refractivity contribution in [3.63, 3.8) is 0 Å². The van der Waals surface area contributed by atoms with Crippen molar-refractivity contribution >= 4 is 22.7 Å². The summed E-state index contributed by atoms with van der Waals surface area (Å²) in [5, 5.41) is 0. The molecule has 0 unspecified atom stereocenters. The fourth-order valence-electron chi connectivity index (χ4n) is 3.39. The number of aryl methyl sites for hydroxylation is 3. The first kappa shape index (κ1) is 17.0. The minimum absolute atomic E-state index is 0.258. The van der Waals surface area contributed by atoms with Crippen molar-refractivity contribution in [1.29, 1.82) is 0 Å². The van der Waals surface area contributed by atoms with Crippen molar-refractivity contribution in [2.45, 2.75) is 27.3 Å². The predicted octanol–water partition coefficient (Wildman–Crippen LogP) is 1.34. The minimum atomic E-state index is -0.554. The van der Waals surface area contributed by atoms with Gasteiger partial charge in [-0.25, -0.2) is 4.79 Å². The van der Waals surface area contributed by atoms with E-state index in [1.807, 2.05) is 48.9 Å². The topological polar surface area (TPSA) is 83.3 Å². The maximum Gasteiger partial charge on any atom is 0.332 e. The Balaban J connectivity index is 2.12. The van der Waals surface area contributed by atoms with Gasteiger partial charge < -0.3 is 0 Å². The lowest BCUT2D eigenvalue weighted by Crippen LogP contribution is -2.40. The molecule has 0 atom stereocenters. The summed E-state index contributed by atoms with van der Waals surface area (Å²) in [6.45, 7) is 5.03. The summed E-state index contributed by atoms with van der Waals surface area (Å²) < 4.78 is 5.88. The van der Waals surface area contributed by atoms with Gasteiger partial charge in [-0.3, -0.25) is 27.7 Å². The number of hydrogen-bond acceptors (Lipinski definition) is 4. The fourth-order valence-corrected chi connectivity index (χ4v) is 3.39. The second-order valence-corrected chi connectivity index (χ2v) is 6.83. The average Bonchev–Trinajstić information content (AvgIpc) is 3.12. The Morgan fingerprint density at radius 1 is 1.11 bits per heavy atom. The molecule has 0 amide bonds. The Kier molecular flexibility index (Phi) is 3.66. The molecule has 138 valence electrons. The van der Waals surface area contributed by atoms with E-state index in [-0.39, 0.29) is 17.8 Å². The highest BCUT2D eigenvalue weighted by Gasteiger charge is 2.21. The van der Waals surface area contributed by atoms with Gasteiger partial charge in [-0.05, 0) is 32.9 Å². The van der Waals surface area contributed by atoms with Crippen LogP contribution in [-0.2, 0) is 18.4 Å². The first-order chi connectivity index (χ1) is 12.8. The summed E-state index contributed by atoms with van der Waals surface area (Å²) in [4.78, 5) is 41.5. The van der Waals surface area contributed by atoms with Crippen LogP contribution in [0.25, 0.3) is 22.6 Å². The van der Waals surface area contributed by atoms with Gasteiger partial charge in [-0.1, -0.05) is 17.7 Å². The Hall–Kier alpha value is -3.42. The van der Waals surface area contributed by atoms with E-state index in [9.17, 15) is 14.4 Å². The molecule has 3 aromatic heterocycles. The molecule has 4 aromatic rings. The van der Waals surface area contributed by atoms with Gasteiger partial charge in [0.1, 0.15) is 5.78 Å². The number of rotatable bonds is 3. The third kappa shape index (κ3) is 2.44. The van der Waals surface area contributed by atoms with Crippen molar-refractivity contribution in [2.24, 2.45) is 7.05 Å². The van der Waals surface area contributed by atoms with Gasteiger partial charge in [0.25, 0.3) is 5.56 Å². The number of aromatic nitrogens is 5. The van der Waals surface area contributed by atoms with E-state index in [0.29, 0.717) is 11.4 Å². The molecule has 1 aromatic carbocycles. The molecule has 4 rings (SSSR count). The quantitative estimate of drug-likeness (QED) is 0.549. The lowest BCUT2D eigenvalue weighted by atomic mass is 10.2. The largest absolute Gasteiger partial charge is 0.332 e. The fraction of sp³-hybridized carbons (Fsp3) is 0.263. The van der Waals surface area contributed by atoms with Crippen molar-refractivity contribution in [2.75, 3.05) is 0 Å². The first-order valence-corrected chi connectivity index (χ1v) is 8.56. The van der Waals surface area contributed by atoms with Crippen LogP contribution in [0.2, 0.25) is 0 Å². The van der Waals surface area contributed by atoms with Gasteiger partial charge in [-0.2, -0.15) is 4.98 Å². The normalized spacial score (nSPS) is 11.6. The molecule has 0 bridgehead atoms. The molecule has 0 aliphatic heterocycles. The van der Waals surface area contributed by atoms with Crippen LogP contribution in [0.4, 0.5) is 0 Å². The zero-order valence-electron chi connectivity index (χ0n) is 15.6. The number of fused-ring (bicyclic) bond motifs is 3. The molecule has 0 aliphatic rings. The number of nitrogens with zero attached hydrogens (tertiary/aromatic N) is 5. The molecular weight excluding hydrogens is 346 g/mol. The second kappa shape index (κ2) is 5.80. The summed E-state index contributed by atoms with van der Waals surface area (Å²) in [5.41, 5.74) is 2.46. The van der Waals surface area contributed by atoms with Gasteiger partial charge in [0.15, 0.2) is 11.2 Å². The monoisotopic (exact) mass is 365 g/mol. The number of carbonyl (C=O) groups excluding carboxylic acids is 1. The van der Waals surface area contributed by atoms with Gasteiger partial charge in [0.2, 0.25) is 5.78 Å². The molecule has 0 fully saturated rings. The zero-order chi connectivity index (χ0) is 19.5. The van der Waals surface area contributed by atoms with E-state index in [1.54, 1.807) is 11.4 Å². The third-order valence-corrected chi connectivity index (χ3v) is 4.70. The van der Waals surface area contributed by atoms with Gasteiger partial charge in [0, 0.05) is 24.6 Å². The van der Waals surface area contributed by atoms with E-state index in [0.717, 1.165) is 21.5 Å². The van der Waals surface area contributed by atoms with Crippen LogP contribution in [0.3, 0.4) is 0 Å². The van der Waals surface area contributed by atoms with Crippen LogP contribution in [0.15, 0.2) is 40.1 Å². The van der Waals surface area contributed by atoms with E-state index in [1.165, 1.54) is 11.5 Å². The Labute approximate surface area is 153 Å². The summed E-state index contributed by atoms with van der Waals surface area (Å²) in [5.74, 6) is 0.279. The smallest absolute Gasteiger partial charge is 0.298 e. The number of imidazole rings is 2. The number of ketones is 1. The van der Waals surface area contributed by atoms with E-state index >= 15 is 0 Å². The van der Waals surface area contributed by atoms with Crippen LogP contribution in [0, 0.1) is 13.8 Å². The van der Waals surface area contributed by atoms with Crippen molar-refractivity contribution in [3.05, 3.63) is 62.6 Å². The second-order valence-electron chi connectivity index (χ2n) is 6.83. The zero-order valence-corrected chi connectivity index (χ0v) is 15.6. The number of Topliss-reactive ketones (excluding diaryl/α,β-unsaturated/α-hetero) is 1.